The lowest BCUT2D eigenvalue weighted by Crippen LogP contribution is -1.90. The average molecular weight is 274 g/mol. The van der Waals surface area contributed by atoms with Crippen LogP contribution in [-0.2, 0) is 5.88 Å². The van der Waals surface area contributed by atoms with Gasteiger partial charge in [-0.25, -0.2) is 9.97 Å². The first-order chi connectivity index (χ1) is 7.70. The quantitative estimate of drug-likeness (QED) is 0.767. The maximum atomic E-state index is 5.93. The molecule has 0 fully saturated rings. The molecule has 0 bridgehead atoms. The number of aromatic nitrogens is 2. The minimum atomic E-state index is 0.307. The topological polar surface area (TPSA) is 25.8 Å². The highest BCUT2D eigenvalue weighted by Gasteiger charge is 2.03. The fourth-order valence-corrected chi connectivity index (χ4v) is 1.68. The molecule has 0 aliphatic heterocycles. The molecule has 0 saturated heterocycles. The Balaban J connectivity index is 2.38. The first-order valence-electron chi connectivity index (χ1n) is 4.53. The van der Waals surface area contributed by atoms with Gasteiger partial charge in [-0.2, -0.15) is 0 Å². The van der Waals surface area contributed by atoms with Crippen molar-refractivity contribution in [1.29, 1.82) is 0 Å². The molecule has 82 valence electrons. The zero-order chi connectivity index (χ0) is 11.5. The zero-order valence-corrected chi connectivity index (χ0v) is 10.4. The molecule has 2 rings (SSSR count). The van der Waals surface area contributed by atoms with Crippen LogP contribution in [0.15, 0.2) is 30.6 Å². The van der Waals surface area contributed by atoms with E-state index in [1.807, 2.05) is 6.07 Å². The Bertz CT molecular complexity index is 497. The number of hydrogen-bond donors (Lipinski definition) is 0. The summed E-state index contributed by atoms with van der Waals surface area (Å²) in [6, 6.07) is 5.39. The summed E-state index contributed by atoms with van der Waals surface area (Å²) in [5.41, 5.74) is 1.81. The van der Waals surface area contributed by atoms with Crippen molar-refractivity contribution in [1.82, 2.24) is 9.97 Å². The van der Waals surface area contributed by atoms with E-state index >= 15 is 0 Å². The summed E-state index contributed by atoms with van der Waals surface area (Å²) in [5.74, 6) is 0.909. The number of rotatable bonds is 2. The summed E-state index contributed by atoms with van der Waals surface area (Å²) in [6.07, 6.45) is 3.43. The van der Waals surface area contributed by atoms with Gasteiger partial charge in [-0.15, -0.1) is 11.6 Å². The van der Waals surface area contributed by atoms with E-state index in [1.165, 1.54) is 0 Å². The predicted octanol–water partition coefficient (Wildman–Crippen LogP) is 4.19. The molecular weight excluding hydrogens is 266 g/mol. The van der Waals surface area contributed by atoms with Crippen LogP contribution in [0.25, 0.3) is 11.1 Å². The van der Waals surface area contributed by atoms with Crippen LogP contribution in [0.1, 0.15) is 5.82 Å². The third kappa shape index (κ3) is 2.46. The Morgan fingerprint density at radius 1 is 0.938 bits per heavy atom. The zero-order valence-electron chi connectivity index (χ0n) is 8.12. The van der Waals surface area contributed by atoms with E-state index < -0.39 is 0 Å². The van der Waals surface area contributed by atoms with E-state index in [0.29, 0.717) is 21.7 Å². The Morgan fingerprint density at radius 3 is 2.19 bits per heavy atom. The van der Waals surface area contributed by atoms with Gasteiger partial charge < -0.3 is 0 Å². The average Bonchev–Trinajstić information content (AvgIpc) is 2.33. The van der Waals surface area contributed by atoms with E-state index in [1.54, 1.807) is 24.5 Å². The molecule has 1 aromatic carbocycles. The Morgan fingerprint density at radius 2 is 1.62 bits per heavy atom. The van der Waals surface area contributed by atoms with Crippen LogP contribution in [0.3, 0.4) is 0 Å². The molecule has 16 heavy (non-hydrogen) atoms. The molecule has 0 aliphatic carbocycles. The Hall–Kier alpha value is -0.830. The molecule has 0 spiro atoms. The molecule has 0 radical (unpaired) electrons. The fraction of sp³-hybridized carbons (Fsp3) is 0.0909. The summed E-state index contributed by atoms with van der Waals surface area (Å²) < 4.78 is 0. The molecule has 0 N–H and O–H groups in total. The number of hydrogen-bond acceptors (Lipinski definition) is 2. The van der Waals surface area contributed by atoms with Crippen LogP contribution in [-0.4, -0.2) is 9.97 Å². The summed E-state index contributed by atoms with van der Waals surface area (Å²) in [5, 5.41) is 1.05. The van der Waals surface area contributed by atoms with Crippen molar-refractivity contribution < 1.29 is 0 Å². The minimum absolute atomic E-state index is 0.307. The Kier molecular flexibility index (Phi) is 3.64. The molecular formula is C11H7Cl3N2. The van der Waals surface area contributed by atoms with Gasteiger partial charge in [0.1, 0.15) is 5.82 Å². The molecule has 0 aliphatic rings. The smallest absolute Gasteiger partial charge is 0.142 e. The maximum Gasteiger partial charge on any atom is 0.142 e. The molecule has 0 saturated carbocycles. The van der Waals surface area contributed by atoms with Gasteiger partial charge in [0.2, 0.25) is 0 Å². The number of halogens is 3. The predicted molar refractivity (Wildman–Crippen MR) is 67.0 cm³/mol. The summed E-state index contributed by atoms with van der Waals surface area (Å²) in [4.78, 5) is 8.21. The molecule has 2 aromatic rings. The fourth-order valence-electron chi connectivity index (χ4n) is 1.25. The molecule has 1 aromatic heterocycles. The first-order valence-corrected chi connectivity index (χ1v) is 5.82. The van der Waals surface area contributed by atoms with Crippen molar-refractivity contribution in [3.05, 3.63) is 46.5 Å². The van der Waals surface area contributed by atoms with Crippen molar-refractivity contribution in [3.63, 3.8) is 0 Å². The highest BCUT2D eigenvalue weighted by Crippen LogP contribution is 2.27. The lowest BCUT2D eigenvalue weighted by atomic mass is 10.1. The number of nitrogens with zero attached hydrogens (tertiary/aromatic N) is 2. The van der Waals surface area contributed by atoms with Crippen LogP contribution >= 0.6 is 34.8 Å². The van der Waals surface area contributed by atoms with Crippen LogP contribution in [0, 0.1) is 0 Å². The highest BCUT2D eigenvalue weighted by molar-refractivity contribution is 6.42. The van der Waals surface area contributed by atoms with E-state index in [-0.39, 0.29) is 0 Å². The normalized spacial score (nSPS) is 10.4. The second-order valence-electron chi connectivity index (χ2n) is 3.15. The maximum absolute atomic E-state index is 5.93. The minimum Gasteiger partial charge on any atom is -0.239 e. The second kappa shape index (κ2) is 5.00. The SMILES string of the molecule is ClCc1ncc(-c2ccc(Cl)c(Cl)c2)cn1. The molecule has 1 heterocycles. The monoisotopic (exact) mass is 272 g/mol. The standard InChI is InChI=1S/C11H7Cl3N2/c12-4-11-15-5-8(6-16-11)7-1-2-9(13)10(14)3-7/h1-3,5-6H,4H2. The summed E-state index contributed by atoms with van der Waals surface area (Å²) in [7, 11) is 0. The van der Waals surface area contributed by atoms with E-state index in [0.717, 1.165) is 11.1 Å². The summed E-state index contributed by atoms with van der Waals surface area (Å²) in [6.45, 7) is 0. The summed E-state index contributed by atoms with van der Waals surface area (Å²) >= 11 is 17.4. The van der Waals surface area contributed by atoms with E-state index in [9.17, 15) is 0 Å². The van der Waals surface area contributed by atoms with Gasteiger partial charge in [0.25, 0.3) is 0 Å². The molecule has 0 unspecified atom stereocenters. The number of alkyl halides is 1. The molecule has 5 heteroatoms. The van der Waals surface area contributed by atoms with Gasteiger partial charge in [0.05, 0.1) is 15.9 Å². The van der Waals surface area contributed by atoms with Crippen molar-refractivity contribution in [2.45, 2.75) is 5.88 Å². The van der Waals surface area contributed by atoms with Gasteiger partial charge in [-0.3, -0.25) is 0 Å². The van der Waals surface area contributed by atoms with Gasteiger partial charge in [-0.05, 0) is 17.7 Å². The lowest BCUT2D eigenvalue weighted by molar-refractivity contribution is 1.03. The van der Waals surface area contributed by atoms with E-state index in [4.69, 9.17) is 34.8 Å². The van der Waals surface area contributed by atoms with Crippen LogP contribution in [0.2, 0.25) is 10.0 Å². The molecule has 2 nitrogen and oxygen atoms in total. The van der Waals surface area contributed by atoms with Gasteiger partial charge >= 0.3 is 0 Å². The van der Waals surface area contributed by atoms with Crippen molar-refractivity contribution in [3.8, 4) is 11.1 Å². The second-order valence-corrected chi connectivity index (χ2v) is 4.23. The largest absolute Gasteiger partial charge is 0.239 e. The van der Waals surface area contributed by atoms with Crippen LogP contribution in [0.4, 0.5) is 0 Å². The van der Waals surface area contributed by atoms with Crippen molar-refractivity contribution in [2.75, 3.05) is 0 Å². The number of benzene rings is 1. The van der Waals surface area contributed by atoms with Gasteiger partial charge in [0.15, 0.2) is 0 Å². The lowest BCUT2D eigenvalue weighted by Gasteiger charge is -2.03. The molecule has 0 atom stereocenters. The van der Waals surface area contributed by atoms with Crippen molar-refractivity contribution >= 4 is 34.8 Å². The highest BCUT2D eigenvalue weighted by atomic mass is 35.5. The van der Waals surface area contributed by atoms with Crippen molar-refractivity contribution in [2.24, 2.45) is 0 Å². The van der Waals surface area contributed by atoms with Crippen LogP contribution in [0.5, 0.6) is 0 Å². The first kappa shape index (κ1) is 11.6. The van der Waals surface area contributed by atoms with Gasteiger partial charge in [0, 0.05) is 18.0 Å². The Labute approximate surface area is 108 Å². The van der Waals surface area contributed by atoms with E-state index in [2.05, 4.69) is 9.97 Å². The van der Waals surface area contributed by atoms with Crippen LogP contribution < -0.4 is 0 Å². The third-order valence-corrected chi connectivity index (χ3v) is 3.06. The molecule has 0 amide bonds. The third-order valence-electron chi connectivity index (χ3n) is 2.08. The van der Waals surface area contributed by atoms with Gasteiger partial charge in [-0.1, -0.05) is 29.3 Å².